The smallest absolute Gasteiger partial charge is 0.227 e. The first kappa shape index (κ1) is 23.3. The van der Waals surface area contributed by atoms with E-state index in [2.05, 4.69) is 0 Å². The number of Topliss-reactive ketones (excluding diaryl/α,β-unsaturated/α-hetero) is 1. The normalized spacial score (nSPS) is 21.5. The first-order valence-corrected chi connectivity index (χ1v) is 12.3. The third-order valence-corrected chi connectivity index (χ3v) is 7.23. The van der Waals surface area contributed by atoms with Gasteiger partial charge in [0.2, 0.25) is 5.91 Å². The Morgan fingerprint density at radius 2 is 1.69 bits per heavy atom. The number of para-hydroxylation sites is 2. The summed E-state index contributed by atoms with van der Waals surface area (Å²) in [6.07, 6.45) is 1.36. The monoisotopic (exact) mass is 486 g/mol. The number of ether oxygens (including phenoxy) is 1. The minimum absolute atomic E-state index is 0.0230. The third-order valence-electron chi connectivity index (χ3n) is 6.98. The molecule has 0 radical (unpaired) electrons. The van der Waals surface area contributed by atoms with Crippen molar-refractivity contribution in [1.29, 1.82) is 0 Å². The highest BCUT2D eigenvalue weighted by Crippen LogP contribution is 2.47. The Labute approximate surface area is 210 Å². The van der Waals surface area contributed by atoms with Crippen molar-refractivity contribution < 1.29 is 14.3 Å². The molecule has 178 valence electrons. The van der Waals surface area contributed by atoms with Gasteiger partial charge in [0.15, 0.2) is 0 Å². The lowest BCUT2D eigenvalue weighted by Crippen LogP contribution is -2.45. The summed E-state index contributed by atoms with van der Waals surface area (Å²) in [6.45, 7) is 1.85. The van der Waals surface area contributed by atoms with Crippen molar-refractivity contribution in [2.24, 2.45) is 10.9 Å². The number of rotatable bonds is 4. The number of hydrogen-bond acceptors (Lipinski definition) is 4. The van der Waals surface area contributed by atoms with Crippen LogP contribution in [-0.2, 0) is 9.59 Å². The highest BCUT2D eigenvalue weighted by molar-refractivity contribution is 6.30. The number of aliphatic imine (C=N–C) groups is 1. The average Bonchev–Trinajstić information content (AvgIpc) is 3.03. The van der Waals surface area contributed by atoms with Crippen LogP contribution in [0.1, 0.15) is 49.3 Å². The van der Waals surface area contributed by atoms with Crippen molar-refractivity contribution in [2.75, 3.05) is 12.0 Å². The Kier molecular flexibility index (Phi) is 6.44. The minimum atomic E-state index is -0.520. The van der Waals surface area contributed by atoms with Crippen LogP contribution in [0, 0.1) is 5.92 Å². The van der Waals surface area contributed by atoms with Crippen molar-refractivity contribution in [1.82, 2.24) is 0 Å². The maximum atomic E-state index is 13.9. The standard InChI is InChI=1S/C29H27ClN2O3/c1-3-27(34)32-25-7-5-4-6-23(25)31-24-16-20(18-10-14-22(35-2)15-11-18)17-26(33)28(24)29(32)19-8-12-21(30)13-9-19/h4-15,20,28-29H,3,16-17H2,1-2H3. The lowest BCUT2D eigenvalue weighted by molar-refractivity contribution is -0.123. The lowest BCUT2D eigenvalue weighted by Gasteiger charge is -2.39. The molecular weight excluding hydrogens is 460 g/mol. The van der Waals surface area contributed by atoms with Crippen molar-refractivity contribution >= 4 is 40.4 Å². The molecule has 3 aromatic carbocycles. The highest BCUT2D eigenvalue weighted by Gasteiger charge is 2.45. The molecule has 5 nitrogen and oxygen atoms in total. The van der Waals surface area contributed by atoms with Crippen molar-refractivity contribution in [2.45, 2.75) is 38.1 Å². The van der Waals surface area contributed by atoms with E-state index in [0.717, 1.165) is 28.3 Å². The molecule has 0 bridgehead atoms. The van der Waals surface area contributed by atoms with Crippen LogP contribution in [0.4, 0.5) is 11.4 Å². The number of nitrogens with zero attached hydrogens (tertiary/aromatic N) is 2. The van der Waals surface area contributed by atoms with E-state index < -0.39 is 12.0 Å². The van der Waals surface area contributed by atoms with Crippen molar-refractivity contribution in [3.05, 3.63) is 88.9 Å². The van der Waals surface area contributed by atoms with Gasteiger partial charge in [0, 0.05) is 23.6 Å². The maximum Gasteiger partial charge on any atom is 0.227 e. The van der Waals surface area contributed by atoms with E-state index in [1.807, 2.05) is 79.7 Å². The number of benzene rings is 3. The van der Waals surface area contributed by atoms with Gasteiger partial charge >= 0.3 is 0 Å². The molecule has 1 heterocycles. The molecule has 6 heteroatoms. The maximum absolute atomic E-state index is 13.9. The van der Waals surface area contributed by atoms with Crippen LogP contribution < -0.4 is 9.64 Å². The van der Waals surface area contributed by atoms with Gasteiger partial charge in [-0.05, 0) is 59.9 Å². The molecule has 35 heavy (non-hydrogen) atoms. The van der Waals surface area contributed by atoms with Crippen LogP contribution in [0.3, 0.4) is 0 Å². The number of hydrogen-bond donors (Lipinski definition) is 0. The number of carbonyl (C=O) groups excluding carboxylic acids is 2. The topological polar surface area (TPSA) is 59.0 Å². The Balaban J connectivity index is 1.64. The number of ketones is 1. The molecule has 1 fully saturated rings. The van der Waals surface area contributed by atoms with Gasteiger partial charge in [0.05, 0.1) is 30.4 Å². The first-order chi connectivity index (χ1) is 17.0. The van der Waals surface area contributed by atoms with Crippen LogP contribution in [0.15, 0.2) is 77.8 Å². The number of amides is 1. The highest BCUT2D eigenvalue weighted by atomic mass is 35.5. The Hall–Kier alpha value is -3.44. The van der Waals surface area contributed by atoms with Gasteiger partial charge in [0.1, 0.15) is 11.5 Å². The van der Waals surface area contributed by atoms with Gasteiger partial charge in [-0.1, -0.05) is 54.9 Å². The Morgan fingerprint density at radius 3 is 2.37 bits per heavy atom. The van der Waals surface area contributed by atoms with Gasteiger partial charge in [-0.3, -0.25) is 14.6 Å². The molecule has 3 atom stereocenters. The van der Waals surface area contributed by atoms with E-state index in [9.17, 15) is 9.59 Å². The first-order valence-electron chi connectivity index (χ1n) is 11.9. The summed E-state index contributed by atoms with van der Waals surface area (Å²) < 4.78 is 5.30. The lowest BCUT2D eigenvalue weighted by atomic mass is 9.72. The third kappa shape index (κ3) is 4.37. The fraction of sp³-hybridized carbons (Fsp3) is 0.276. The zero-order valence-electron chi connectivity index (χ0n) is 19.8. The summed E-state index contributed by atoms with van der Waals surface area (Å²) in [5.74, 6) is 0.339. The Morgan fingerprint density at radius 1 is 1.00 bits per heavy atom. The molecule has 3 aromatic rings. The van der Waals surface area contributed by atoms with Gasteiger partial charge < -0.3 is 9.64 Å². The molecule has 0 N–H and O–H groups in total. The largest absolute Gasteiger partial charge is 0.497 e. The SMILES string of the molecule is CCC(=O)N1c2ccccc2N=C2CC(c3ccc(OC)cc3)CC(=O)C2C1c1ccc(Cl)cc1. The van der Waals surface area contributed by atoms with E-state index in [1.165, 1.54) is 0 Å². The average molecular weight is 487 g/mol. The fourth-order valence-electron chi connectivity index (χ4n) is 5.27. The summed E-state index contributed by atoms with van der Waals surface area (Å²) in [7, 11) is 1.64. The zero-order chi connectivity index (χ0) is 24.5. The summed E-state index contributed by atoms with van der Waals surface area (Å²) in [5, 5.41) is 0.611. The molecular formula is C29H27ClN2O3. The number of anilines is 1. The van der Waals surface area contributed by atoms with E-state index in [1.54, 1.807) is 12.0 Å². The fourth-order valence-corrected chi connectivity index (χ4v) is 5.40. The molecule has 5 rings (SSSR count). The number of methoxy groups -OCH3 is 1. The molecule has 1 aliphatic carbocycles. The second kappa shape index (κ2) is 9.67. The zero-order valence-corrected chi connectivity index (χ0v) is 20.5. The van der Waals surface area contributed by atoms with Crippen LogP contribution in [0.5, 0.6) is 5.75 Å². The second-order valence-electron chi connectivity index (χ2n) is 9.03. The van der Waals surface area contributed by atoms with Gasteiger partial charge in [0.25, 0.3) is 0 Å². The van der Waals surface area contributed by atoms with Gasteiger partial charge in [-0.25, -0.2) is 0 Å². The van der Waals surface area contributed by atoms with Crippen molar-refractivity contribution in [3.8, 4) is 5.75 Å². The molecule has 0 spiro atoms. The van der Waals surface area contributed by atoms with Gasteiger partial charge in [-0.2, -0.15) is 0 Å². The van der Waals surface area contributed by atoms with Crippen LogP contribution in [0.2, 0.25) is 5.02 Å². The number of carbonyl (C=O) groups is 2. The number of halogens is 1. The van der Waals surface area contributed by atoms with Crippen LogP contribution in [-0.4, -0.2) is 24.5 Å². The Bertz CT molecular complexity index is 1280. The molecule has 1 saturated carbocycles. The van der Waals surface area contributed by atoms with Crippen LogP contribution >= 0.6 is 11.6 Å². The molecule has 0 aromatic heterocycles. The minimum Gasteiger partial charge on any atom is -0.497 e. The van der Waals surface area contributed by atoms with E-state index in [4.69, 9.17) is 21.3 Å². The summed E-state index contributed by atoms with van der Waals surface area (Å²) >= 11 is 6.18. The predicted octanol–water partition coefficient (Wildman–Crippen LogP) is 6.68. The van der Waals surface area contributed by atoms with Crippen molar-refractivity contribution in [3.63, 3.8) is 0 Å². The molecule has 3 unspecified atom stereocenters. The van der Waals surface area contributed by atoms with Crippen LogP contribution in [0.25, 0.3) is 0 Å². The summed E-state index contributed by atoms with van der Waals surface area (Å²) in [6, 6.07) is 22.5. The van der Waals surface area contributed by atoms with E-state index in [-0.39, 0.29) is 17.6 Å². The molecule has 0 saturated heterocycles. The number of fused-ring (bicyclic) bond motifs is 2. The summed E-state index contributed by atoms with van der Waals surface area (Å²) in [5.41, 5.74) is 4.23. The van der Waals surface area contributed by atoms with Gasteiger partial charge in [-0.15, -0.1) is 0 Å². The molecule has 1 aliphatic heterocycles. The quantitative estimate of drug-likeness (QED) is 0.413. The summed E-state index contributed by atoms with van der Waals surface area (Å²) in [4.78, 5) is 34.1. The second-order valence-corrected chi connectivity index (χ2v) is 9.46. The molecule has 2 aliphatic rings. The van der Waals surface area contributed by atoms with E-state index >= 15 is 0 Å². The van der Waals surface area contributed by atoms with E-state index in [0.29, 0.717) is 30.0 Å². The predicted molar refractivity (Wildman–Crippen MR) is 139 cm³/mol. The molecule has 1 amide bonds.